The van der Waals surface area contributed by atoms with Crippen LogP contribution in [0, 0.1) is 13.8 Å². The average molecular weight is 533 g/mol. The molecule has 0 radical (unpaired) electrons. The first-order valence-electron chi connectivity index (χ1n) is 12.7. The zero-order valence-corrected chi connectivity index (χ0v) is 23.2. The predicted molar refractivity (Wildman–Crippen MR) is 151 cm³/mol. The van der Waals surface area contributed by atoms with Gasteiger partial charge in [-0.15, -0.1) is 0 Å². The van der Waals surface area contributed by atoms with Gasteiger partial charge in [-0.2, -0.15) is 0 Å². The van der Waals surface area contributed by atoms with Gasteiger partial charge in [-0.3, -0.25) is 14.4 Å². The monoisotopic (exact) mass is 532 g/mol. The SMILES string of the molecule is Cc1cc(C)cc(C(C(=O)Nc2ccc3ccccc3c2)N(C)C(=O)C(CC(N)=O)NC(=O)OC(C)(C)C)c1. The van der Waals surface area contributed by atoms with Crippen LogP contribution in [0.4, 0.5) is 10.5 Å². The van der Waals surface area contributed by atoms with Crippen LogP contribution >= 0.6 is 0 Å². The Morgan fingerprint density at radius 3 is 2.13 bits per heavy atom. The van der Waals surface area contributed by atoms with Crippen LogP contribution in [0.5, 0.6) is 0 Å². The normalized spacial score (nSPS) is 12.8. The number of ether oxygens (including phenoxy) is 1. The second kappa shape index (κ2) is 12.0. The van der Waals surface area contributed by atoms with Gasteiger partial charge in [0.2, 0.25) is 11.8 Å². The number of benzene rings is 3. The van der Waals surface area contributed by atoms with Crippen LogP contribution in [0.25, 0.3) is 10.8 Å². The van der Waals surface area contributed by atoms with Gasteiger partial charge >= 0.3 is 6.09 Å². The van der Waals surface area contributed by atoms with E-state index in [0.29, 0.717) is 11.3 Å². The van der Waals surface area contributed by atoms with Gasteiger partial charge in [0.15, 0.2) is 0 Å². The van der Waals surface area contributed by atoms with Crippen molar-refractivity contribution in [1.82, 2.24) is 10.2 Å². The van der Waals surface area contributed by atoms with E-state index in [1.165, 1.54) is 11.9 Å². The van der Waals surface area contributed by atoms with Gasteiger partial charge in [0, 0.05) is 12.7 Å². The Bertz CT molecular complexity index is 1380. The first-order valence-corrected chi connectivity index (χ1v) is 12.7. The fourth-order valence-electron chi connectivity index (χ4n) is 4.42. The number of fused-ring (bicyclic) bond motifs is 1. The topological polar surface area (TPSA) is 131 Å². The minimum atomic E-state index is -1.33. The van der Waals surface area contributed by atoms with E-state index in [-0.39, 0.29) is 0 Å². The van der Waals surface area contributed by atoms with Crippen molar-refractivity contribution < 1.29 is 23.9 Å². The summed E-state index contributed by atoms with van der Waals surface area (Å²) in [7, 11) is 1.45. The fraction of sp³-hybridized carbons (Fsp3) is 0.333. The third kappa shape index (κ3) is 8.04. The first-order chi connectivity index (χ1) is 18.2. The summed E-state index contributed by atoms with van der Waals surface area (Å²) in [6.45, 7) is 8.83. The number of primary amides is 1. The summed E-state index contributed by atoms with van der Waals surface area (Å²) in [6.07, 6.45) is -1.34. The van der Waals surface area contributed by atoms with E-state index in [1.807, 2.05) is 68.4 Å². The predicted octanol–water partition coefficient (Wildman–Crippen LogP) is 4.36. The molecule has 3 aromatic carbocycles. The molecule has 2 atom stereocenters. The van der Waals surface area contributed by atoms with Crippen molar-refractivity contribution in [2.24, 2.45) is 5.73 Å². The summed E-state index contributed by atoms with van der Waals surface area (Å²) < 4.78 is 5.27. The molecule has 0 spiro atoms. The van der Waals surface area contributed by atoms with E-state index in [9.17, 15) is 19.2 Å². The lowest BCUT2D eigenvalue weighted by Crippen LogP contribution is -2.52. The molecule has 0 aliphatic rings. The molecule has 0 fully saturated rings. The molecule has 0 bridgehead atoms. The van der Waals surface area contributed by atoms with Crippen LogP contribution in [0.15, 0.2) is 60.7 Å². The molecule has 3 aromatic rings. The maximum atomic E-state index is 13.8. The smallest absolute Gasteiger partial charge is 0.408 e. The van der Waals surface area contributed by atoms with Gasteiger partial charge in [0.1, 0.15) is 17.7 Å². The number of likely N-dealkylation sites (N-methyl/N-ethyl adjacent to an activating group) is 1. The Balaban J connectivity index is 1.96. The van der Waals surface area contributed by atoms with E-state index >= 15 is 0 Å². The standard InChI is InChI=1S/C30H36N4O5/c1-18-13-19(2)15-22(14-18)26(27(36)32-23-12-11-20-9-7-8-10-21(20)16-23)34(6)28(37)24(17-25(31)35)33-29(38)39-30(3,4)5/h7-16,24,26H,17H2,1-6H3,(H2,31,35)(H,32,36)(H,33,38). The molecular weight excluding hydrogens is 496 g/mol. The Hall–Kier alpha value is -4.40. The van der Waals surface area contributed by atoms with E-state index in [1.54, 1.807) is 26.8 Å². The highest BCUT2D eigenvalue weighted by atomic mass is 16.6. The number of rotatable bonds is 8. The first kappa shape index (κ1) is 29.2. The average Bonchev–Trinajstić information content (AvgIpc) is 2.81. The van der Waals surface area contributed by atoms with Crippen LogP contribution in [0.3, 0.4) is 0 Å². The molecule has 0 saturated heterocycles. The van der Waals surface area contributed by atoms with Crippen molar-refractivity contribution in [3.8, 4) is 0 Å². The van der Waals surface area contributed by atoms with Crippen molar-refractivity contribution in [3.05, 3.63) is 77.4 Å². The summed E-state index contributed by atoms with van der Waals surface area (Å²) in [5, 5.41) is 7.33. The molecule has 9 heteroatoms. The van der Waals surface area contributed by atoms with Gasteiger partial charge in [-0.05, 0) is 63.1 Å². The fourth-order valence-corrected chi connectivity index (χ4v) is 4.42. The number of hydrogen-bond acceptors (Lipinski definition) is 5. The molecular formula is C30H36N4O5. The summed E-state index contributed by atoms with van der Waals surface area (Å²) in [4.78, 5) is 52.9. The highest BCUT2D eigenvalue weighted by Crippen LogP contribution is 2.26. The van der Waals surface area contributed by atoms with Crippen LogP contribution in [0.2, 0.25) is 0 Å². The number of nitrogens with one attached hydrogen (secondary N) is 2. The summed E-state index contributed by atoms with van der Waals surface area (Å²) >= 11 is 0. The van der Waals surface area contributed by atoms with E-state index in [2.05, 4.69) is 10.6 Å². The van der Waals surface area contributed by atoms with Crippen molar-refractivity contribution in [3.63, 3.8) is 0 Å². The second-order valence-corrected chi connectivity index (χ2v) is 10.7. The molecule has 9 nitrogen and oxygen atoms in total. The molecule has 39 heavy (non-hydrogen) atoms. The lowest BCUT2D eigenvalue weighted by molar-refractivity contribution is -0.140. The molecule has 0 saturated carbocycles. The lowest BCUT2D eigenvalue weighted by atomic mass is 9.98. The quantitative estimate of drug-likeness (QED) is 0.397. The molecule has 206 valence electrons. The van der Waals surface area contributed by atoms with Crippen molar-refractivity contribution in [1.29, 1.82) is 0 Å². The molecule has 2 unspecified atom stereocenters. The number of aryl methyl sites for hydroxylation is 2. The lowest BCUT2D eigenvalue weighted by Gasteiger charge is -2.31. The molecule has 3 rings (SSSR count). The second-order valence-electron chi connectivity index (χ2n) is 10.7. The number of carbonyl (C=O) groups is 4. The molecule has 4 N–H and O–H groups in total. The zero-order chi connectivity index (χ0) is 28.9. The maximum absolute atomic E-state index is 13.8. The minimum absolute atomic E-state index is 0.457. The Morgan fingerprint density at radius 2 is 1.54 bits per heavy atom. The van der Waals surface area contributed by atoms with Crippen molar-refractivity contribution >= 4 is 40.3 Å². The number of carbonyl (C=O) groups excluding carboxylic acids is 4. The van der Waals surface area contributed by atoms with Crippen molar-refractivity contribution in [2.45, 2.75) is 58.7 Å². The Labute approximate surface area is 228 Å². The van der Waals surface area contributed by atoms with Gasteiger partial charge in [-0.25, -0.2) is 4.79 Å². The van der Waals surface area contributed by atoms with Crippen LogP contribution in [-0.2, 0) is 19.1 Å². The largest absolute Gasteiger partial charge is 0.444 e. The van der Waals surface area contributed by atoms with Crippen LogP contribution in [0.1, 0.15) is 49.9 Å². The Kier molecular flexibility index (Phi) is 8.96. The van der Waals surface area contributed by atoms with E-state index in [4.69, 9.17) is 10.5 Å². The van der Waals surface area contributed by atoms with Gasteiger partial charge in [-0.1, -0.05) is 59.7 Å². The van der Waals surface area contributed by atoms with Crippen molar-refractivity contribution in [2.75, 3.05) is 12.4 Å². The summed E-state index contributed by atoms with van der Waals surface area (Å²) in [5.41, 5.74) is 7.53. The highest BCUT2D eigenvalue weighted by molar-refractivity contribution is 6.01. The van der Waals surface area contributed by atoms with Gasteiger partial charge in [0.05, 0.1) is 6.42 Å². The zero-order valence-electron chi connectivity index (χ0n) is 23.2. The summed E-state index contributed by atoms with van der Waals surface area (Å²) in [5.74, 6) is -1.92. The molecule has 0 aromatic heterocycles. The number of alkyl carbamates (subject to hydrolysis) is 1. The van der Waals surface area contributed by atoms with Gasteiger partial charge < -0.3 is 26.0 Å². The van der Waals surface area contributed by atoms with E-state index in [0.717, 1.165) is 21.9 Å². The molecule has 0 aliphatic carbocycles. The number of anilines is 1. The van der Waals surface area contributed by atoms with Gasteiger partial charge in [0.25, 0.3) is 5.91 Å². The Morgan fingerprint density at radius 1 is 0.923 bits per heavy atom. The summed E-state index contributed by atoms with van der Waals surface area (Å²) in [6, 6.07) is 16.5. The number of amides is 4. The highest BCUT2D eigenvalue weighted by Gasteiger charge is 2.35. The third-order valence-electron chi connectivity index (χ3n) is 5.95. The maximum Gasteiger partial charge on any atom is 0.408 e. The minimum Gasteiger partial charge on any atom is -0.444 e. The third-order valence-corrected chi connectivity index (χ3v) is 5.95. The number of nitrogens with zero attached hydrogens (tertiary/aromatic N) is 1. The molecule has 4 amide bonds. The van der Waals surface area contributed by atoms with E-state index < -0.39 is 47.9 Å². The molecule has 0 aliphatic heterocycles. The van der Waals surface area contributed by atoms with Crippen LogP contribution < -0.4 is 16.4 Å². The molecule has 0 heterocycles. The van der Waals surface area contributed by atoms with Crippen LogP contribution in [-0.4, -0.2) is 47.4 Å². The number of nitrogens with two attached hydrogens (primary N) is 1. The number of hydrogen-bond donors (Lipinski definition) is 3.